The van der Waals surface area contributed by atoms with Crippen molar-refractivity contribution >= 4 is 28.4 Å². The van der Waals surface area contributed by atoms with Gasteiger partial charge in [0.1, 0.15) is 0 Å². The summed E-state index contributed by atoms with van der Waals surface area (Å²) in [6.45, 7) is 0.547. The highest BCUT2D eigenvalue weighted by atomic mass is 127. The minimum Gasteiger partial charge on any atom is -0.296 e. The van der Waals surface area contributed by atoms with Gasteiger partial charge in [0, 0.05) is 15.2 Å². The van der Waals surface area contributed by atoms with Gasteiger partial charge in [0.25, 0.3) is 0 Å². The topological polar surface area (TPSA) is 20.3 Å². The molecule has 0 saturated heterocycles. The third-order valence-corrected chi connectivity index (χ3v) is 4.73. The summed E-state index contributed by atoms with van der Waals surface area (Å²) in [5, 5.41) is 0. The van der Waals surface area contributed by atoms with Crippen molar-refractivity contribution in [2.75, 3.05) is 13.6 Å². The van der Waals surface area contributed by atoms with Crippen LogP contribution in [0.4, 0.5) is 0 Å². The van der Waals surface area contributed by atoms with E-state index in [1.54, 1.807) is 0 Å². The number of halogens is 1. The second-order valence-electron chi connectivity index (χ2n) is 5.49. The summed E-state index contributed by atoms with van der Waals surface area (Å²) in [5.41, 5.74) is 0.834. The van der Waals surface area contributed by atoms with Gasteiger partial charge in [0.05, 0.1) is 6.54 Å². The maximum absolute atomic E-state index is 12.3. The molecule has 19 heavy (non-hydrogen) atoms. The predicted molar refractivity (Wildman–Crippen MR) is 87.6 cm³/mol. The van der Waals surface area contributed by atoms with Gasteiger partial charge in [-0.25, -0.2) is 0 Å². The van der Waals surface area contributed by atoms with Gasteiger partial charge in [-0.3, -0.25) is 9.69 Å². The summed E-state index contributed by atoms with van der Waals surface area (Å²) < 4.78 is 1.17. The molecule has 0 amide bonds. The Bertz CT molecular complexity index is 407. The Morgan fingerprint density at radius 1 is 1.16 bits per heavy atom. The van der Waals surface area contributed by atoms with Crippen LogP contribution in [-0.2, 0) is 0 Å². The Kier molecular flexibility index (Phi) is 5.82. The molecule has 0 unspecified atom stereocenters. The lowest BCUT2D eigenvalue weighted by Gasteiger charge is -2.26. The first-order valence-electron chi connectivity index (χ1n) is 7.16. The van der Waals surface area contributed by atoms with Crippen molar-refractivity contribution in [3.63, 3.8) is 0 Å². The molecule has 104 valence electrons. The highest BCUT2D eigenvalue weighted by Gasteiger charge is 2.19. The molecule has 2 rings (SSSR count). The van der Waals surface area contributed by atoms with Crippen LogP contribution < -0.4 is 0 Å². The lowest BCUT2D eigenvalue weighted by molar-refractivity contribution is 0.0912. The first-order chi connectivity index (χ1) is 9.16. The van der Waals surface area contributed by atoms with E-state index in [9.17, 15) is 4.79 Å². The average molecular weight is 371 g/mol. The SMILES string of the molecule is CN(CC(=O)c1ccc(I)cc1)C1CCCCCC1. The summed E-state index contributed by atoms with van der Waals surface area (Å²) in [6.07, 6.45) is 7.83. The Balaban J connectivity index is 1.92. The average Bonchev–Trinajstić information content (AvgIpc) is 2.68. The molecule has 1 saturated carbocycles. The third-order valence-electron chi connectivity index (χ3n) is 4.01. The Labute approximate surface area is 129 Å². The van der Waals surface area contributed by atoms with E-state index in [-0.39, 0.29) is 5.78 Å². The Hall–Kier alpha value is -0.420. The fourth-order valence-electron chi connectivity index (χ4n) is 2.78. The zero-order valence-corrected chi connectivity index (χ0v) is 13.7. The fourth-order valence-corrected chi connectivity index (χ4v) is 3.14. The van der Waals surface area contributed by atoms with Crippen LogP contribution in [0.25, 0.3) is 0 Å². The number of hydrogen-bond donors (Lipinski definition) is 0. The van der Waals surface area contributed by atoms with Crippen molar-refractivity contribution in [3.05, 3.63) is 33.4 Å². The number of rotatable bonds is 4. The van der Waals surface area contributed by atoms with Gasteiger partial charge in [0.2, 0.25) is 0 Å². The van der Waals surface area contributed by atoms with Crippen LogP contribution in [0.5, 0.6) is 0 Å². The van der Waals surface area contributed by atoms with Gasteiger partial charge in [0.15, 0.2) is 5.78 Å². The molecular formula is C16H22INO. The van der Waals surface area contributed by atoms with Gasteiger partial charge in [-0.05, 0) is 54.6 Å². The monoisotopic (exact) mass is 371 g/mol. The lowest BCUT2D eigenvalue weighted by Crippen LogP contribution is -2.35. The highest BCUT2D eigenvalue weighted by Crippen LogP contribution is 2.21. The molecule has 1 aromatic carbocycles. The van der Waals surface area contributed by atoms with Crippen LogP contribution in [0.2, 0.25) is 0 Å². The number of Topliss-reactive ketones (excluding diaryl/α,β-unsaturated/α-hetero) is 1. The van der Waals surface area contributed by atoms with E-state index in [1.807, 2.05) is 24.3 Å². The summed E-state index contributed by atoms with van der Waals surface area (Å²) in [5.74, 6) is 0.239. The molecule has 3 heteroatoms. The molecule has 0 heterocycles. The van der Waals surface area contributed by atoms with Crippen molar-refractivity contribution in [3.8, 4) is 0 Å². The lowest BCUT2D eigenvalue weighted by atomic mass is 10.1. The number of likely N-dealkylation sites (N-methyl/N-ethyl adjacent to an activating group) is 1. The molecule has 0 aromatic heterocycles. The second kappa shape index (κ2) is 7.39. The van der Waals surface area contributed by atoms with Crippen LogP contribution >= 0.6 is 22.6 Å². The molecule has 0 bridgehead atoms. The fraction of sp³-hybridized carbons (Fsp3) is 0.562. The van der Waals surface area contributed by atoms with E-state index >= 15 is 0 Å². The maximum atomic E-state index is 12.3. The van der Waals surface area contributed by atoms with Gasteiger partial charge in [-0.15, -0.1) is 0 Å². The molecule has 0 spiro atoms. The number of nitrogens with zero attached hydrogens (tertiary/aromatic N) is 1. The number of hydrogen-bond acceptors (Lipinski definition) is 2. The largest absolute Gasteiger partial charge is 0.296 e. The van der Waals surface area contributed by atoms with Crippen LogP contribution in [0.3, 0.4) is 0 Å². The first kappa shape index (κ1) is 15.0. The highest BCUT2D eigenvalue weighted by molar-refractivity contribution is 14.1. The molecule has 1 fully saturated rings. The quantitative estimate of drug-likeness (QED) is 0.451. The minimum atomic E-state index is 0.239. The normalized spacial score (nSPS) is 17.4. The van der Waals surface area contributed by atoms with Gasteiger partial charge in [-0.2, -0.15) is 0 Å². The summed E-state index contributed by atoms with van der Waals surface area (Å²) in [7, 11) is 2.10. The number of carbonyl (C=O) groups excluding carboxylic acids is 1. The van der Waals surface area contributed by atoms with E-state index in [2.05, 4.69) is 34.5 Å². The van der Waals surface area contributed by atoms with Crippen molar-refractivity contribution in [2.45, 2.75) is 44.6 Å². The van der Waals surface area contributed by atoms with Gasteiger partial charge >= 0.3 is 0 Å². The standard InChI is InChI=1S/C16H22INO/c1-18(15-6-4-2-3-5-7-15)12-16(19)13-8-10-14(17)11-9-13/h8-11,15H,2-7,12H2,1H3. The molecule has 0 aliphatic heterocycles. The zero-order valence-electron chi connectivity index (χ0n) is 11.6. The van der Waals surface area contributed by atoms with Crippen LogP contribution in [0.15, 0.2) is 24.3 Å². The third kappa shape index (κ3) is 4.56. The molecule has 0 radical (unpaired) electrons. The van der Waals surface area contributed by atoms with Crippen molar-refractivity contribution in [1.29, 1.82) is 0 Å². The molecule has 2 nitrogen and oxygen atoms in total. The smallest absolute Gasteiger partial charge is 0.176 e. The van der Waals surface area contributed by atoms with Crippen LogP contribution in [0, 0.1) is 3.57 Å². The summed E-state index contributed by atoms with van der Waals surface area (Å²) >= 11 is 2.26. The zero-order chi connectivity index (χ0) is 13.7. The summed E-state index contributed by atoms with van der Waals surface area (Å²) in [4.78, 5) is 14.5. The van der Waals surface area contributed by atoms with Crippen LogP contribution in [-0.4, -0.2) is 30.3 Å². The predicted octanol–water partition coefficient (Wildman–Crippen LogP) is 4.13. The van der Waals surface area contributed by atoms with Gasteiger partial charge in [-0.1, -0.05) is 37.8 Å². The van der Waals surface area contributed by atoms with Crippen molar-refractivity contribution in [2.24, 2.45) is 0 Å². The molecule has 1 aliphatic carbocycles. The van der Waals surface area contributed by atoms with E-state index in [0.29, 0.717) is 12.6 Å². The number of ketones is 1. The Morgan fingerprint density at radius 3 is 2.32 bits per heavy atom. The first-order valence-corrected chi connectivity index (χ1v) is 8.23. The molecule has 1 aromatic rings. The van der Waals surface area contributed by atoms with E-state index in [4.69, 9.17) is 0 Å². The maximum Gasteiger partial charge on any atom is 0.176 e. The number of benzene rings is 1. The summed E-state index contributed by atoms with van der Waals surface area (Å²) in [6, 6.07) is 8.46. The molecular weight excluding hydrogens is 349 g/mol. The van der Waals surface area contributed by atoms with E-state index < -0.39 is 0 Å². The molecule has 0 atom stereocenters. The van der Waals surface area contributed by atoms with Gasteiger partial charge < -0.3 is 0 Å². The van der Waals surface area contributed by atoms with Crippen molar-refractivity contribution < 1.29 is 4.79 Å². The Morgan fingerprint density at radius 2 is 1.74 bits per heavy atom. The van der Waals surface area contributed by atoms with E-state index in [0.717, 1.165) is 5.56 Å². The molecule has 1 aliphatic rings. The second-order valence-corrected chi connectivity index (χ2v) is 6.74. The molecule has 0 N–H and O–H groups in total. The van der Waals surface area contributed by atoms with E-state index in [1.165, 1.54) is 42.1 Å². The number of carbonyl (C=O) groups is 1. The van der Waals surface area contributed by atoms with Crippen molar-refractivity contribution in [1.82, 2.24) is 4.90 Å². The van der Waals surface area contributed by atoms with Crippen LogP contribution in [0.1, 0.15) is 48.9 Å². The minimum absolute atomic E-state index is 0.239.